The summed E-state index contributed by atoms with van der Waals surface area (Å²) in [4.78, 5) is 67.5. The number of sulfonamides is 1. The second-order valence-corrected chi connectivity index (χ2v) is 19.9. The van der Waals surface area contributed by atoms with Gasteiger partial charge in [-0.2, -0.15) is 4.98 Å². The number of aromatic nitrogens is 3. The Hall–Kier alpha value is -4.33. The Kier molecular flexibility index (Phi) is 10.1. The number of carbonyl (C=O) groups excluding carboxylic acids is 4. The number of benzene rings is 1. The van der Waals surface area contributed by atoms with Crippen LogP contribution in [0.3, 0.4) is 0 Å². The lowest BCUT2D eigenvalue weighted by molar-refractivity contribution is -0.160. The summed E-state index contributed by atoms with van der Waals surface area (Å²) in [5.74, 6) is -2.23. The fraction of sp³-hybridized carbons (Fsp3) is 0.610. The number of ether oxygens (including phenoxy) is 2. The highest BCUT2D eigenvalue weighted by Gasteiger charge is 2.62. The molecule has 14 heteroatoms. The molecule has 2 aliphatic carbocycles. The Morgan fingerprint density at radius 2 is 1.84 bits per heavy atom. The average molecular weight is 776 g/mol. The molecule has 3 fully saturated rings. The van der Waals surface area contributed by atoms with Gasteiger partial charge in [-0.05, 0) is 96.1 Å². The van der Waals surface area contributed by atoms with E-state index in [1.165, 1.54) is 4.90 Å². The molecular formula is C41H53N5O8S. The number of imidazole rings is 1. The quantitative estimate of drug-likeness (QED) is 0.237. The predicted octanol–water partition coefficient (Wildman–Crippen LogP) is 5.56. The van der Waals surface area contributed by atoms with Gasteiger partial charge < -0.3 is 14.4 Å². The molecule has 13 nitrogen and oxygen atoms in total. The Labute approximate surface area is 322 Å². The number of para-hydroxylation sites is 1. The number of nitrogens with zero attached hydrogens (tertiary/aromatic N) is 4. The molecule has 4 heterocycles. The predicted molar refractivity (Wildman–Crippen MR) is 205 cm³/mol. The fourth-order valence-electron chi connectivity index (χ4n) is 8.48. The number of hydrogen-bond acceptors (Lipinski definition) is 10. The number of amides is 2. The summed E-state index contributed by atoms with van der Waals surface area (Å²) < 4.78 is 41.9. The Balaban J connectivity index is 1.24. The molecule has 1 aromatic carbocycles. The van der Waals surface area contributed by atoms with Crippen molar-refractivity contribution in [2.24, 2.45) is 29.1 Å². The van der Waals surface area contributed by atoms with Crippen molar-refractivity contribution in [2.45, 2.75) is 122 Å². The third-order valence-corrected chi connectivity index (χ3v) is 14.3. The molecule has 4 aliphatic rings. The second-order valence-electron chi connectivity index (χ2n) is 17.7. The first-order chi connectivity index (χ1) is 25.9. The second kappa shape index (κ2) is 14.3. The first kappa shape index (κ1) is 38.9. The molecule has 2 amide bonds. The summed E-state index contributed by atoms with van der Waals surface area (Å²) in [5, 5.41) is 0.731. The number of rotatable bonds is 7. The van der Waals surface area contributed by atoms with Gasteiger partial charge in [0.1, 0.15) is 11.7 Å². The highest BCUT2D eigenvalue weighted by atomic mass is 32.2. The van der Waals surface area contributed by atoms with Crippen molar-refractivity contribution in [3.05, 3.63) is 48.8 Å². The standard InChI is InChI=1S/C41H53N5O8S/c1-25-11-7-8-12-27-22-41(27,37(50)44-55(51,52)40(6)15-16-40)23-33(47)32-20-28(53-35-29-13-9-10-14-31(29)45-18-17-42-38(45)43-35)24-46(32)36(49)30(26(2)19-25)21-34(48)54-39(3,4)5/h8-10,12-14,17-18,25-28,30,32H,7,11,15-16,19-24H2,1-6H3,(H,44,50)/b12-8-/t25-,26-,27-,28-,30+,32+,41-/m1/s1. The van der Waals surface area contributed by atoms with E-state index in [0.717, 1.165) is 23.7 Å². The number of fused-ring (bicyclic) bond motifs is 5. The fourth-order valence-corrected chi connectivity index (χ4v) is 9.81. The number of allylic oxidation sites excluding steroid dienone is 2. The molecule has 55 heavy (non-hydrogen) atoms. The van der Waals surface area contributed by atoms with Crippen LogP contribution in [0.15, 0.2) is 48.8 Å². The van der Waals surface area contributed by atoms with Crippen LogP contribution in [0.5, 0.6) is 5.88 Å². The molecule has 0 radical (unpaired) electrons. The summed E-state index contributed by atoms with van der Waals surface area (Å²) in [7, 11) is -3.95. The van der Waals surface area contributed by atoms with Crippen molar-refractivity contribution >= 4 is 50.3 Å². The van der Waals surface area contributed by atoms with E-state index < -0.39 is 55.7 Å². The number of hydrogen-bond donors (Lipinski definition) is 1. The maximum absolute atomic E-state index is 14.9. The molecule has 1 N–H and O–H groups in total. The van der Waals surface area contributed by atoms with Gasteiger partial charge in [-0.15, -0.1) is 0 Å². The lowest BCUT2D eigenvalue weighted by Gasteiger charge is -2.32. The highest BCUT2D eigenvalue weighted by molar-refractivity contribution is 7.91. The zero-order chi connectivity index (χ0) is 39.5. The van der Waals surface area contributed by atoms with Gasteiger partial charge in [0.25, 0.3) is 0 Å². The maximum Gasteiger partial charge on any atom is 0.307 e. The third-order valence-electron chi connectivity index (χ3n) is 12.1. The van der Waals surface area contributed by atoms with Crippen molar-refractivity contribution in [3.8, 4) is 5.88 Å². The molecule has 0 spiro atoms. The molecule has 296 valence electrons. The van der Waals surface area contributed by atoms with Gasteiger partial charge in [0, 0.05) is 25.2 Å². The Bertz CT molecular complexity index is 2150. The van der Waals surface area contributed by atoms with Crippen molar-refractivity contribution in [3.63, 3.8) is 0 Å². The topological polar surface area (TPSA) is 166 Å². The van der Waals surface area contributed by atoms with Gasteiger partial charge in [-0.25, -0.2) is 13.4 Å². The van der Waals surface area contributed by atoms with E-state index in [1.54, 1.807) is 33.9 Å². The van der Waals surface area contributed by atoms with Crippen LogP contribution in [0.1, 0.15) is 99.3 Å². The molecule has 0 bridgehead atoms. The van der Waals surface area contributed by atoms with E-state index in [9.17, 15) is 27.6 Å². The molecule has 3 aromatic rings. The van der Waals surface area contributed by atoms with Crippen LogP contribution < -0.4 is 9.46 Å². The summed E-state index contributed by atoms with van der Waals surface area (Å²) in [6.45, 7) is 11.1. The van der Waals surface area contributed by atoms with Gasteiger partial charge in [-0.1, -0.05) is 38.1 Å². The van der Waals surface area contributed by atoms with Gasteiger partial charge in [-0.3, -0.25) is 28.3 Å². The normalized spacial score (nSPS) is 30.5. The summed E-state index contributed by atoms with van der Waals surface area (Å²) in [5.41, 5.74) is -1.19. The smallest absolute Gasteiger partial charge is 0.307 e. The number of ketones is 1. The van der Waals surface area contributed by atoms with Crippen molar-refractivity contribution < 1.29 is 37.1 Å². The van der Waals surface area contributed by atoms with Crippen LogP contribution in [0.4, 0.5) is 0 Å². The molecule has 2 aliphatic heterocycles. The average Bonchev–Trinajstić information content (AvgIpc) is 3.89. The number of Topliss-reactive ketones (excluding diaryl/α,β-unsaturated/α-hetero) is 1. The number of nitrogens with one attached hydrogen (secondary N) is 1. The molecule has 1 saturated heterocycles. The van der Waals surface area contributed by atoms with Gasteiger partial charge in [0.2, 0.25) is 33.5 Å². The Morgan fingerprint density at radius 3 is 2.56 bits per heavy atom. The lowest BCUT2D eigenvalue weighted by Crippen LogP contribution is -2.48. The van der Waals surface area contributed by atoms with E-state index in [1.807, 2.05) is 53.9 Å². The number of carbonyl (C=O) groups is 4. The van der Waals surface area contributed by atoms with E-state index in [2.05, 4.69) is 21.6 Å². The van der Waals surface area contributed by atoms with Crippen molar-refractivity contribution in [2.75, 3.05) is 6.54 Å². The van der Waals surface area contributed by atoms with E-state index in [0.29, 0.717) is 37.3 Å². The number of esters is 1. The minimum absolute atomic E-state index is 0.0488. The van der Waals surface area contributed by atoms with Crippen molar-refractivity contribution in [1.82, 2.24) is 24.0 Å². The molecule has 2 saturated carbocycles. The van der Waals surface area contributed by atoms with E-state index in [4.69, 9.17) is 9.47 Å². The third kappa shape index (κ3) is 7.88. The van der Waals surface area contributed by atoms with Crippen LogP contribution in [0.25, 0.3) is 16.7 Å². The summed E-state index contributed by atoms with van der Waals surface area (Å²) in [6, 6.07) is 6.62. The van der Waals surface area contributed by atoms with Crippen LogP contribution in [-0.2, 0) is 33.9 Å². The monoisotopic (exact) mass is 775 g/mol. The molecule has 0 unspecified atom stereocenters. The minimum atomic E-state index is -3.95. The van der Waals surface area contributed by atoms with E-state index in [-0.39, 0.29) is 55.3 Å². The first-order valence-corrected chi connectivity index (χ1v) is 21.0. The largest absolute Gasteiger partial charge is 0.472 e. The Morgan fingerprint density at radius 1 is 1.09 bits per heavy atom. The van der Waals surface area contributed by atoms with Crippen molar-refractivity contribution in [1.29, 1.82) is 0 Å². The van der Waals surface area contributed by atoms with Crippen LogP contribution in [0.2, 0.25) is 0 Å². The van der Waals surface area contributed by atoms with Gasteiger partial charge in [0.05, 0.1) is 46.0 Å². The zero-order valence-corrected chi connectivity index (χ0v) is 33.4. The van der Waals surface area contributed by atoms with Gasteiger partial charge in [0.15, 0.2) is 5.78 Å². The summed E-state index contributed by atoms with van der Waals surface area (Å²) in [6.07, 6.45) is 9.96. The maximum atomic E-state index is 14.9. The summed E-state index contributed by atoms with van der Waals surface area (Å²) >= 11 is 0. The highest BCUT2D eigenvalue weighted by Crippen LogP contribution is 2.57. The molecule has 2 aromatic heterocycles. The first-order valence-electron chi connectivity index (χ1n) is 19.6. The zero-order valence-electron chi connectivity index (χ0n) is 32.6. The molecule has 7 rings (SSSR count). The van der Waals surface area contributed by atoms with Crippen LogP contribution in [-0.4, -0.2) is 80.3 Å². The molecular weight excluding hydrogens is 723 g/mol. The van der Waals surface area contributed by atoms with Gasteiger partial charge >= 0.3 is 5.97 Å². The van der Waals surface area contributed by atoms with E-state index >= 15 is 0 Å². The molecule has 7 atom stereocenters. The van der Waals surface area contributed by atoms with Crippen LogP contribution in [0, 0.1) is 29.1 Å². The minimum Gasteiger partial charge on any atom is -0.472 e. The SMILES string of the molecule is C[C@@H]1CC/C=C\[C@@H]2C[C@@]2(C(=O)NS(=O)(=O)C2(C)CC2)CC(=O)[C@@H]2C[C@@H](Oc3nc4nccn4c4ccccc34)CN2C(=O)[C@@H](CC(=O)OC(C)(C)C)[C@H](C)C1. The van der Waals surface area contributed by atoms with Crippen LogP contribution >= 0.6 is 0 Å². The lowest BCUT2D eigenvalue weighted by atomic mass is 9.82.